The molecule has 1 amide bonds. The van der Waals surface area contributed by atoms with Gasteiger partial charge in [-0.2, -0.15) is 13.2 Å². The lowest BCUT2D eigenvalue weighted by Gasteiger charge is -2.50. The maximum atomic E-state index is 13.6. The number of methoxy groups -OCH3 is 1. The number of nitrogens with one attached hydrogen (secondary N) is 1. The highest BCUT2D eigenvalue weighted by Crippen LogP contribution is 2.41. The zero-order valence-corrected chi connectivity index (χ0v) is 21.0. The van der Waals surface area contributed by atoms with E-state index in [-0.39, 0.29) is 34.2 Å². The molecule has 0 aliphatic carbocycles. The molecule has 1 fully saturated rings. The summed E-state index contributed by atoms with van der Waals surface area (Å²) < 4.78 is 45.3. The second-order valence-corrected chi connectivity index (χ2v) is 9.67. The van der Waals surface area contributed by atoms with Crippen molar-refractivity contribution in [1.29, 1.82) is 0 Å². The van der Waals surface area contributed by atoms with Crippen molar-refractivity contribution in [1.82, 2.24) is 10.2 Å². The highest BCUT2D eigenvalue weighted by atomic mass is 35.5. The summed E-state index contributed by atoms with van der Waals surface area (Å²) in [6.07, 6.45) is -1.33. The van der Waals surface area contributed by atoms with E-state index >= 15 is 0 Å². The van der Waals surface area contributed by atoms with E-state index in [0.29, 0.717) is 13.0 Å². The second-order valence-electron chi connectivity index (χ2n) is 8.82. The van der Waals surface area contributed by atoms with Crippen LogP contribution < -0.4 is 10.1 Å². The van der Waals surface area contributed by atoms with E-state index in [2.05, 4.69) is 24.1 Å². The average Bonchev–Trinajstić information content (AvgIpc) is 2.75. The third-order valence-corrected chi connectivity index (χ3v) is 7.21. The molecule has 1 N–H and O–H groups in total. The van der Waals surface area contributed by atoms with Crippen LogP contribution in [0.3, 0.4) is 0 Å². The summed E-state index contributed by atoms with van der Waals surface area (Å²) in [7, 11) is 3.30. The van der Waals surface area contributed by atoms with Gasteiger partial charge in [-0.05, 0) is 57.7 Å². The summed E-state index contributed by atoms with van der Waals surface area (Å²) in [6.45, 7) is 4.90. The van der Waals surface area contributed by atoms with E-state index in [1.54, 1.807) is 6.26 Å². The van der Waals surface area contributed by atoms with Gasteiger partial charge >= 0.3 is 6.18 Å². The average molecular weight is 503 g/mol. The number of carbonyl (C=O) groups excluding carboxylic acids is 1. The van der Waals surface area contributed by atoms with Gasteiger partial charge < -0.3 is 10.1 Å². The molecule has 0 aromatic heterocycles. The van der Waals surface area contributed by atoms with E-state index in [4.69, 9.17) is 4.74 Å². The molecule has 1 aliphatic rings. The van der Waals surface area contributed by atoms with E-state index in [1.807, 2.05) is 37.4 Å². The monoisotopic (exact) mass is 502 g/mol. The van der Waals surface area contributed by atoms with Gasteiger partial charge in [-0.1, -0.05) is 30.3 Å². The maximum Gasteiger partial charge on any atom is 0.416 e. The van der Waals surface area contributed by atoms with Crippen LogP contribution in [0.1, 0.15) is 48.2 Å². The van der Waals surface area contributed by atoms with Crippen LogP contribution in [0.15, 0.2) is 47.4 Å². The van der Waals surface area contributed by atoms with Crippen molar-refractivity contribution in [2.45, 2.75) is 48.8 Å². The Balaban J connectivity index is 0.00000385. The zero-order chi connectivity index (χ0) is 23.7. The molecule has 2 aromatic carbocycles. The number of halogens is 4. The van der Waals surface area contributed by atoms with Crippen LogP contribution in [0.5, 0.6) is 5.75 Å². The number of piperidine rings is 1. The molecule has 0 radical (unpaired) electrons. The van der Waals surface area contributed by atoms with Gasteiger partial charge in [0.1, 0.15) is 5.75 Å². The van der Waals surface area contributed by atoms with Crippen LogP contribution in [-0.2, 0) is 11.7 Å². The van der Waals surface area contributed by atoms with Crippen LogP contribution in [0.4, 0.5) is 13.2 Å². The number of alkyl halides is 3. The lowest BCUT2D eigenvalue weighted by molar-refractivity contribution is -0.137. The van der Waals surface area contributed by atoms with Gasteiger partial charge in [-0.25, -0.2) is 0 Å². The van der Waals surface area contributed by atoms with Crippen molar-refractivity contribution in [3.8, 4) is 5.75 Å². The van der Waals surface area contributed by atoms with Crippen LogP contribution in [0.2, 0.25) is 0 Å². The minimum absolute atomic E-state index is 0. The Morgan fingerprint density at radius 2 is 1.79 bits per heavy atom. The smallest absolute Gasteiger partial charge is 0.416 e. The minimum Gasteiger partial charge on any atom is -0.496 e. The fourth-order valence-electron chi connectivity index (χ4n) is 4.15. The van der Waals surface area contributed by atoms with E-state index < -0.39 is 23.2 Å². The van der Waals surface area contributed by atoms with E-state index in [0.717, 1.165) is 35.9 Å². The quantitative estimate of drug-likeness (QED) is 0.510. The highest BCUT2D eigenvalue weighted by molar-refractivity contribution is 7.98. The van der Waals surface area contributed by atoms with Gasteiger partial charge in [0.05, 0.1) is 23.8 Å². The van der Waals surface area contributed by atoms with Gasteiger partial charge in [-0.3, -0.25) is 9.69 Å². The van der Waals surface area contributed by atoms with Gasteiger partial charge in [0, 0.05) is 17.0 Å². The van der Waals surface area contributed by atoms with Gasteiger partial charge in [0.2, 0.25) is 0 Å². The molecular weight excluding hydrogens is 473 g/mol. The summed E-state index contributed by atoms with van der Waals surface area (Å²) in [5.41, 5.74) is -0.457. The first-order chi connectivity index (χ1) is 14.9. The Morgan fingerprint density at radius 3 is 2.30 bits per heavy atom. The van der Waals surface area contributed by atoms with E-state index in [1.165, 1.54) is 7.11 Å². The topological polar surface area (TPSA) is 41.6 Å². The summed E-state index contributed by atoms with van der Waals surface area (Å²) in [4.78, 5) is 16.0. The number of nitrogens with zero attached hydrogens (tertiary/aromatic N) is 1. The molecule has 1 atom stereocenters. The van der Waals surface area contributed by atoms with Crippen LogP contribution in [0, 0.1) is 0 Å². The summed E-state index contributed by atoms with van der Waals surface area (Å²) in [5, 5.41) is 3.19. The summed E-state index contributed by atoms with van der Waals surface area (Å²) in [5.74, 6) is -0.536. The number of likely N-dealkylation sites (N-methyl/N-ethyl adjacent to an activating group) is 1. The minimum atomic E-state index is -4.53. The third-order valence-electron chi connectivity index (χ3n) is 6.44. The predicted octanol–water partition coefficient (Wildman–Crippen LogP) is 5.99. The van der Waals surface area contributed by atoms with Crippen molar-refractivity contribution < 1.29 is 22.7 Å². The molecule has 33 heavy (non-hydrogen) atoms. The Hall–Kier alpha value is -1.90. The SMILES string of the molecule is COc1cc(C(F)(F)F)cc(SC)c1C(=O)NC1(c2ccccc2)CCC(C)(C)N(C)C1.Cl. The molecule has 3 rings (SSSR count). The van der Waals surface area contributed by atoms with E-state index in [9.17, 15) is 18.0 Å². The lowest BCUT2D eigenvalue weighted by Crippen LogP contribution is -2.61. The number of benzene rings is 2. The normalized spacial score (nSPS) is 20.6. The van der Waals surface area contributed by atoms with Crippen molar-refractivity contribution in [3.05, 3.63) is 59.2 Å². The first-order valence-corrected chi connectivity index (χ1v) is 11.6. The fourth-order valence-corrected chi connectivity index (χ4v) is 4.80. The molecule has 4 nitrogen and oxygen atoms in total. The molecule has 0 saturated carbocycles. The van der Waals surface area contributed by atoms with Crippen LogP contribution in [0.25, 0.3) is 0 Å². The number of ether oxygens (including phenoxy) is 1. The van der Waals surface area contributed by atoms with Crippen LogP contribution in [-0.4, -0.2) is 43.3 Å². The van der Waals surface area contributed by atoms with Gasteiger partial charge in [0.25, 0.3) is 5.91 Å². The molecule has 9 heteroatoms. The predicted molar refractivity (Wildman–Crippen MR) is 129 cm³/mol. The van der Waals surface area contributed by atoms with Crippen molar-refractivity contribution in [2.75, 3.05) is 27.0 Å². The standard InChI is InChI=1S/C24H29F3N2O2S.ClH/c1-22(2)11-12-23(15-29(22)3,16-9-7-6-8-10-16)28-21(30)20-18(31-4)13-17(24(25,26)27)14-19(20)32-5;/h6-10,13-14H,11-12,15H2,1-5H3,(H,28,30);1H. The van der Waals surface area contributed by atoms with Crippen molar-refractivity contribution in [3.63, 3.8) is 0 Å². The Morgan fingerprint density at radius 1 is 1.15 bits per heavy atom. The van der Waals surface area contributed by atoms with Crippen molar-refractivity contribution in [2.24, 2.45) is 0 Å². The summed E-state index contributed by atoms with van der Waals surface area (Å²) >= 11 is 1.09. The highest BCUT2D eigenvalue weighted by Gasteiger charge is 2.44. The molecule has 1 saturated heterocycles. The molecule has 1 unspecified atom stereocenters. The Labute approximate surface area is 203 Å². The number of amides is 1. The first-order valence-electron chi connectivity index (χ1n) is 10.4. The van der Waals surface area contributed by atoms with Gasteiger partial charge in [0.15, 0.2) is 0 Å². The van der Waals surface area contributed by atoms with Gasteiger partial charge in [-0.15, -0.1) is 24.2 Å². The molecule has 1 heterocycles. The molecule has 0 spiro atoms. The molecule has 2 aromatic rings. The molecule has 0 bridgehead atoms. The third kappa shape index (κ3) is 5.61. The first kappa shape index (κ1) is 27.3. The number of rotatable bonds is 5. The molecule has 1 aliphatic heterocycles. The van der Waals surface area contributed by atoms with Crippen LogP contribution >= 0.6 is 24.2 Å². The number of hydrogen-bond donors (Lipinski definition) is 1. The second kappa shape index (κ2) is 10.2. The number of hydrogen-bond acceptors (Lipinski definition) is 4. The zero-order valence-electron chi connectivity index (χ0n) is 19.4. The number of carbonyl (C=O) groups is 1. The Bertz CT molecular complexity index is 960. The number of thioether (sulfide) groups is 1. The van der Waals surface area contributed by atoms with Crippen molar-refractivity contribution >= 4 is 30.1 Å². The largest absolute Gasteiger partial charge is 0.496 e. The summed E-state index contributed by atoms with van der Waals surface area (Å²) in [6, 6.07) is 11.6. The maximum absolute atomic E-state index is 13.6. The number of likely N-dealkylation sites (tertiary alicyclic amines) is 1. The fraction of sp³-hybridized carbons (Fsp3) is 0.458. The lowest BCUT2D eigenvalue weighted by atomic mass is 9.76. The Kier molecular flexibility index (Phi) is 8.41. The molecule has 182 valence electrons. The molecular formula is C24H30ClF3N2O2S.